The van der Waals surface area contributed by atoms with Gasteiger partial charge in [0.2, 0.25) is 5.90 Å². The Labute approximate surface area is 174 Å². The number of nitro benzene ring substituents is 1. The van der Waals surface area contributed by atoms with Gasteiger partial charge in [-0.25, -0.2) is 9.79 Å². The molecule has 0 bridgehead atoms. The molecule has 0 spiro atoms. The number of esters is 1. The van der Waals surface area contributed by atoms with Gasteiger partial charge in [0.15, 0.2) is 5.70 Å². The van der Waals surface area contributed by atoms with Crippen molar-refractivity contribution in [2.45, 2.75) is 0 Å². The number of furan rings is 1. The van der Waals surface area contributed by atoms with Crippen molar-refractivity contribution >= 4 is 46.8 Å². The minimum Gasteiger partial charge on any atom is -0.457 e. The summed E-state index contributed by atoms with van der Waals surface area (Å²) < 4.78 is 10.9. The number of benzene rings is 2. The number of rotatable bonds is 4. The maximum atomic E-state index is 12.2. The molecule has 7 nitrogen and oxygen atoms in total. The molecule has 2 heterocycles. The summed E-state index contributed by atoms with van der Waals surface area (Å²) in [6.45, 7) is 0. The third-order valence-electron chi connectivity index (χ3n) is 4.05. The molecular weight excluding hydrogens is 419 g/mol. The number of non-ortho nitro benzene ring substituents is 1. The van der Waals surface area contributed by atoms with Gasteiger partial charge < -0.3 is 9.15 Å². The van der Waals surface area contributed by atoms with Gasteiger partial charge in [0.05, 0.1) is 15.5 Å². The van der Waals surface area contributed by atoms with Crippen LogP contribution < -0.4 is 0 Å². The Kier molecular flexibility index (Phi) is 4.92. The van der Waals surface area contributed by atoms with Gasteiger partial charge in [0.1, 0.15) is 11.5 Å². The molecule has 2 aromatic carbocycles. The van der Waals surface area contributed by atoms with Crippen LogP contribution in [0, 0.1) is 10.1 Å². The maximum Gasteiger partial charge on any atom is 0.363 e. The number of nitro groups is 1. The summed E-state index contributed by atoms with van der Waals surface area (Å²) >= 11 is 12.0. The van der Waals surface area contributed by atoms with Crippen molar-refractivity contribution in [2.75, 3.05) is 0 Å². The van der Waals surface area contributed by atoms with E-state index >= 15 is 0 Å². The Morgan fingerprint density at radius 2 is 1.79 bits per heavy atom. The van der Waals surface area contributed by atoms with E-state index in [0.29, 0.717) is 16.5 Å². The number of carbonyl (C=O) groups excluding carboxylic acids is 1. The SMILES string of the molecule is O=C1OC(c2cc([N+](=O)[O-])ccc2Cl)=N/C1=C\c1ccc(-c2ccc(Cl)cc2)o1. The van der Waals surface area contributed by atoms with Crippen LogP contribution in [-0.4, -0.2) is 16.8 Å². The Morgan fingerprint density at radius 1 is 1.03 bits per heavy atom. The van der Waals surface area contributed by atoms with Crippen LogP contribution in [0.5, 0.6) is 0 Å². The lowest BCUT2D eigenvalue weighted by Crippen LogP contribution is -2.06. The normalized spacial score (nSPS) is 14.8. The molecule has 0 saturated carbocycles. The van der Waals surface area contributed by atoms with Crippen molar-refractivity contribution in [3.8, 4) is 11.3 Å². The van der Waals surface area contributed by atoms with E-state index in [9.17, 15) is 14.9 Å². The average molecular weight is 429 g/mol. The smallest absolute Gasteiger partial charge is 0.363 e. The fourth-order valence-electron chi connectivity index (χ4n) is 2.65. The molecule has 0 N–H and O–H groups in total. The van der Waals surface area contributed by atoms with E-state index in [4.69, 9.17) is 32.4 Å². The van der Waals surface area contributed by atoms with Gasteiger partial charge in [0, 0.05) is 28.8 Å². The van der Waals surface area contributed by atoms with Crippen LogP contribution in [0.25, 0.3) is 17.4 Å². The van der Waals surface area contributed by atoms with E-state index < -0.39 is 10.9 Å². The van der Waals surface area contributed by atoms with Gasteiger partial charge in [0.25, 0.3) is 5.69 Å². The molecule has 0 atom stereocenters. The molecule has 1 aliphatic rings. The number of aliphatic imine (C=N–C) groups is 1. The highest BCUT2D eigenvalue weighted by Crippen LogP contribution is 2.29. The fourth-order valence-corrected chi connectivity index (χ4v) is 2.97. The predicted octanol–water partition coefficient (Wildman–Crippen LogP) is 5.51. The van der Waals surface area contributed by atoms with Crippen molar-refractivity contribution in [3.63, 3.8) is 0 Å². The number of nitrogens with zero attached hydrogens (tertiary/aromatic N) is 2. The van der Waals surface area contributed by atoms with E-state index in [0.717, 1.165) is 5.56 Å². The quantitative estimate of drug-likeness (QED) is 0.236. The predicted molar refractivity (Wildman–Crippen MR) is 108 cm³/mol. The zero-order valence-electron chi connectivity index (χ0n) is 14.5. The lowest BCUT2D eigenvalue weighted by atomic mass is 10.2. The number of carbonyl (C=O) groups is 1. The molecule has 0 radical (unpaired) electrons. The van der Waals surface area contributed by atoms with Crippen molar-refractivity contribution in [3.05, 3.63) is 91.8 Å². The summed E-state index contributed by atoms with van der Waals surface area (Å²) in [6.07, 6.45) is 1.42. The van der Waals surface area contributed by atoms with Crippen LogP contribution in [0.1, 0.15) is 11.3 Å². The second-order valence-corrected chi connectivity index (χ2v) is 6.81. The molecule has 9 heteroatoms. The van der Waals surface area contributed by atoms with Crippen LogP contribution in [0.15, 0.2) is 69.7 Å². The number of cyclic esters (lactones) is 1. The van der Waals surface area contributed by atoms with Crippen LogP contribution in [-0.2, 0) is 9.53 Å². The molecule has 0 saturated heterocycles. The molecule has 144 valence electrons. The summed E-state index contributed by atoms with van der Waals surface area (Å²) in [5, 5.41) is 11.8. The molecule has 3 aromatic rings. The van der Waals surface area contributed by atoms with Gasteiger partial charge in [-0.3, -0.25) is 10.1 Å². The van der Waals surface area contributed by atoms with E-state index in [1.807, 2.05) is 12.1 Å². The van der Waals surface area contributed by atoms with Gasteiger partial charge in [-0.2, -0.15) is 0 Å². The second-order valence-electron chi connectivity index (χ2n) is 5.97. The first kappa shape index (κ1) is 18.9. The first-order valence-electron chi connectivity index (χ1n) is 8.23. The minimum atomic E-state index is -0.716. The molecule has 0 unspecified atom stereocenters. The molecule has 1 aliphatic heterocycles. The minimum absolute atomic E-state index is 0.0143. The van der Waals surface area contributed by atoms with E-state index in [2.05, 4.69) is 4.99 Å². The topological polar surface area (TPSA) is 94.9 Å². The lowest BCUT2D eigenvalue weighted by Gasteiger charge is -2.02. The molecule has 0 fully saturated rings. The third kappa shape index (κ3) is 3.91. The van der Waals surface area contributed by atoms with Crippen molar-refractivity contribution in [1.29, 1.82) is 0 Å². The third-order valence-corrected chi connectivity index (χ3v) is 4.63. The first-order valence-corrected chi connectivity index (χ1v) is 8.99. The molecule has 4 rings (SSSR count). The van der Waals surface area contributed by atoms with Crippen LogP contribution in [0.4, 0.5) is 5.69 Å². The highest BCUT2D eigenvalue weighted by Gasteiger charge is 2.27. The summed E-state index contributed by atoms with van der Waals surface area (Å²) in [5.74, 6) is 0.147. The Bertz CT molecular complexity index is 1200. The number of hydrogen-bond acceptors (Lipinski definition) is 6. The number of halogens is 2. The molecule has 29 heavy (non-hydrogen) atoms. The largest absolute Gasteiger partial charge is 0.457 e. The Hall–Kier alpha value is -3.42. The molecule has 0 amide bonds. The number of ether oxygens (including phenoxy) is 1. The molecular formula is C20H10Cl2N2O5. The zero-order valence-corrected chi connectivity index (χ0v) is 16.0. The first-order chi connectivity index (χ1) is 13.9. The van der Waals surface area contributed by atoms with Gasteiger partial charge >= 0.3 is 5.97 Å². The lowest BCUT2D eigenvalue weighted by molar-refractivity contribution is -0.384. The zero-order chi connectivity index (χ0) is 20.5. The molecule has 1 aromatic heterocycles. The van der Waals surface area contributed by atoms with Crippen molar-refractivity contribution in [1.82, 2.24) is 0 Å². The summed E-state index contributed by atoms with van der Waals surface area (Å²) in [5.41, 5.74) is 0.762. The van der Waals surface area contributed by atoms with E-state index in [-0.39, 0.29) is 27.9 Å². The van der Waals surface area contributed by atoms with E-state index in [1.54, 1.807) is 24.3 Å². The summed E-state index contributed by atoms with van der Waals surface area (Å²) in [7, 11) is 0. The van der Waals surface area contributed by atoms with Crippen LogP contribution in [0.2, 0.25) is 10.0 Å². The van der Waals surface area contributed by atoms with Gasteiger partial charge in [-0.05, 0) is 42.5 Å². The number of hydrogen-bond donors (Lipinski definition) is 0. The van der Waals surface area contributed by atoms with Crippen LogP contribution in [0.3, 0.4) is 0 Å². The monoisotopic (exact) mass is 428 g/mol. The average Bonchev–Trinajstić information content (AvgIpc) is 3.30. The second kappa shape index (κ2) is 7.54. The Morgan fingerprint density at radius 3 is 2.52 bits per heavy atom. The highest BCUT2D eigenvalue weighted by molar-refractivity contribution is 6.34. The fraction of sp³-hybridized carbons (Fsp3) is 0. The maximum absolute atomic E-state index is 12.2. The van der Waals surface area contributed by atoms with Crippen molar-refractivity contribution < 1.29 is 18.9 Å². The standard InChI is InChI=1S/C20H10Cl2N2O5/c21-12-3-1-11(2-4-12)18-8-6-14(28-18)10-17-20(25)29-19(23-17)15-9-13(24(26)27)5-7-16(15)22/h1-10H/b17-10-. The highest BCUT2D eigenvalue weighted by atomic mass is 35.5. The van der Waals surface area contributed by atoms with Crippen molar-refractivity contribution in [2.24, 2.45) is 4.99 Å². The summed E-state index contributed by atoms with van der Waals surface area (Å²) in [4.78, 5) is 26.7. The Balaban J connectivity index is 1.65. The van der Waals surface area contributed by atoms with Gasteiger partial charge in [-0.1, -0.05) is 23.2 Å². The van der Waals surface area contributed by atoms with E-state index in [1.165, 1.54) is 24.3 Å². The van der Waals surface area contributed by atoms with Gasteiger partial charge in [-0.15, -0.1) is 0 Å². The van der Waals surface area contributed by atoms with Crippen LogP contribution >= 0.6 is 23.2 Å². The summed E-state index contributed by atoms with van der Waals surface area (Å²) in [6, 6.07) is 14.3. The molecule has 0 aliphatic carbocycles.